The first-order valence-corrected chi connectivity index (χ1v) is 6.73. The molecule has 0 fully saturated rings. The van der Waals surface area contributed by atoms with E-state index < -0.39 is 21.8 Å². The monoisotopic (exact) mass is 278 g/mol. The number of aromatic nitrogens is 2. The summed E-state index contributed by atoms with van der Waals surface area (Å²) in [6.45, 7) is 0. The predicted octanol–water partition coefficient (Wildman–Crippen LogP) is 2.00. The summed E-state index contributed by atoms with van der Waals surface area (Å²) in [5.74, 6) is -1.05. The van der Waals surface area contributed by atoms with Gasteiger partial charge in [-0.15, -0.1) is 0 Å². The number of imidazole rings is 1. The Labute approximate surface area is 101 Å². The second-order valence-electron chi connectivity index (χ2n) is 3.91. The Morgan fingerprint density at radius 3 is 2.39 bits per heavy atom. The Morgan fingerprint density at radius 1 is 1.28 bits per heavy atom. The number of fused-ring (bicyclic) bond motifs is 1. The molecule has 0 aliphatic heterocycles. The molecule has 8 heteroatoms. The summed E-state index contributed by atoms with van der Waals surface area (Å²) in [7, 11) is -2.23. The summed E-state index contributed by atoms with van der Waals surface area (Å²) in [6, 6.07) is 3.72. The van der Waals surface area contributed by atoms with E-state index in [1.165, 1.54) is 19.2 Å². The van der Waals surface area contributed by atoms with Crippen molar-refractivity contribution in [2.24, 2.45) is 7.05 Å². The van der Waals surface area contributed by atoms with E-state index in [0.717, 1.165) is 16.9 Å². The molecule has 2 aromatic rings. The molecule has 0 atom stereocenters. The van der Waals surface area contributed by atoms with Gasteiger partial charge >= 0.3 is 6.18 Å². The normalized spacial score (nSPS) is 13.2. The first-order valence-electron chi connectivity index (χ1n) is 4.84. The molecule has 0 N–H and O–H groups in total. The van der Waals surface area contributed by atoms with Gasteiger partial charge in [0.15, 0.2) is 9.84 Å². The third-order valence-electron chi connectivity index (χ3n) is 2.53. The van der Waals surface area contributed by atoms with Gasteiger partial charge in [0, 0.05) is 13.3 Å². The van der Waals surface area contributed by atoms with Gasteiger partial charge in [0.1, 0.15) is 0 Å². The number of aryl methyl sites for hydroxylation is 1. The molecule has 1 aromatic carbocycles. The average molecular weight is 278 g/mol. The van der Waals surface area contributed by atoms with Crippen LogP contribution >= 0.6 is 0 Å². The summed E-state index contributed by atoms with van der Waals surface area (Å²) >= 11 is 0. The van der Waals surface area contributed by atoms with Crippen LogP contribution in [0.15, 0.2) is 23.1 Å². The zero-order valence-corrected chi connectivity index (χ0v) is 10.3. The van der Waals surface area contributed by atoms with Gasteiger partial charge in [-0.25, -0.2) is 13.4 Å². The highest BCUT2D eigenvalue weighted by molar-refractivity contribution is 7.90. The fourth-order valence-corrected chi connectivity index (χ4v) is 2.30. The van der Waals surface area contributed by atoms with E-state index in [9.17, 15) is 21.6 Å². The van der Waals surface area contributed by atoms with E-state index >= 15 is 0 Å². The number of alkyl halides is 3. The first-order chi connectivity index (χ1) is 8.10. The van der Waals surface area contributed by atoms with Gasteiger partial charge in [-0.2, -0.15) is 13.2 Å². The van der Waals surface area contributed by atoms with E-state index in [1.807, 2.05) is 0 Å². The molecule has 0 saturated heterocycles. The Morgan fingerprint density at radius 2 is 1.89 bits per heavy atom. The maximum atomic E-state index is 12.6. The van der Waals surface area contributed by atoms with Crippen molar-refractivity contribution in [3.05, 3.63) is 24.0 Å². The van der Waals surface area contributed by atoms with Crippen molar-refractivity contribution in [1.29, 1.82) is 0 Å². The summed E-state index contributed by atoms with van der Waals surface area (Å²) in [6.07, 6.45) is -3.58. The molecule has 0 amide bonds. The average Bonchev–Trinajstić information content (AvgIpc) is 2.54. The molecule has 0 bridgehead atoms. The van der Waals surface area contributed by atoms with Crippen molar-refractivity contribution in [3.8, 4) is 0 Å². The van der Waals surface area contributed by atoms with Gasteiger partial charge in [0.05, 0.1) is 15.9 Å². The summed E-state index contributed by atoms with van der Waals surface area (Å²) in [4.78, 5) is 3.38. The van der Waals surface area contributed by atoms with E-state index in [0.29, 0.717) is 0 Å². The van der Waals surface area contributed by atoms with Crippen molar-refractivity contribution in [2.45, 2.75) is 11.1 Å². The minimum absolute atomic E-state index is 0.00718. The molecule has 0 aliphatic rings. The fraction of sp³-hybridized carbons (Fsp3) is 0.300. The van der Waals surface area contributed by atoms with Crippen LogP contribution in [0.1, 0.15) is 5.82 Å². The standard InChI is InChI=1S/C10H9F3N2O2S/c1-15-8-4-3-6(18(2,16)17)5-7(8)14-9(15)10(11,12)13/h3-5H,1-2H3. The van der Waals surface area contributed by atoms with E-state index in [1.54, 1.807) is 0 Å². The minimum atomic E-state index is -4.57. The largest absolute Gasteiger partial charge is 0.449 e. The van der Waals surface area contributed by atoms with Crippen molar-refractivity contribution < 1.29 is 21.6 Å². The van der Waals surface area contributed by atoms with Gasteiger partial charge in [-0.1, -0.05) is 0 Å². The molecule has 0 radical (unpaired) electrons. The SMILES string of the molecule is Cn1c(C(F)(F)F)nc2cc(S(C)(=O)=O)ccc21. The Bertz CT molecular complexity index is 717. The fourth-order valence-electron chi connectivity index (χ4n) is 1.66. The van der Waals surface area contributed by atoms with Crippen LogP contribution in [0.4, 0.5) is 13.2 Å². The van der Waals surface area contributed by atoms with Crippen molar-refractivity contribution in [3.63, 3.8) is 0 Å². The zero-order valence-electron chi connectivity index (χ0n) is 9.49. The number of rotatable bonds is 1. The van der Waals surface area contributed by atoms with Gasteiger partial charge in [-0.05, 0) is 18.2 Å². The number of halogens is 3. The van der Waals surface area contributed by atoms with Crippen LogP contribution in [0.5, 0.6) is 0 Å². The zero-order chi connectivity index (χ0) is 13.7. The van der Waals surface area contributed by atoms with Crippen LogP contribution in [0.25, 0.3) is 11.0 Å². The van der Waals surface area contributed by atoms with Crippen molar-refractivity contribution >= 4 is 20.9 Å². The van der Waals surface area contributed by atoms with E-state index in [4.69, 9.17) is 0 Å². The molecule has 1 aromatic heterocycles. The van der Waals surface area contributed by atoms with Crippen LogP contribution in [0, 0.1) is 0 Å². The number of benzene rings is 1. The highest BCUT2D eigenvalue weighted by atomic mass is 32.2. The van der Waals surface area contributed by atoms with Crippen LogP contribution < -0.4 is 0 Å². The second-order valence-corrected chi connectivity index (χ2v) is 5.93. The maximum Gasteiger partial charge on any atom is 0.449 e. The highest BCUT2D eigenvalue weighted by Gasteiger charge is 2.36. The van der Waals surface area contributed by atoms with Crippen LogP contribution in [0.2, 0.25) is 0 Å². The quantitative estimate of drug-likeness (QED) is 0.801. The molecule has 0 unspecified atom stereocenters. The number of hydrogen-bond donors (Lipinski definition) is 0. The lowest BCUT2D eigenvalue weighted by molar-refractivity contribution is -0.146. The molecule has 4 nitrogen and oxygen atoms in total. The van der Waals surface area contributed by atoms with Gasteiger partial charge in [-0.3, -0.25) is 0 Å². The van der Waals surface area contributed by atoms with E-state index in [2.05, 4.69) is 4.98 Å². The summed E-state index contributed by atoms with van der Waals surface area (Å²) in [5, 5.41) is 0. The predicted molar refractivity (Wildman–Crippen MR) is 58.8 cm³/mol. The molecular formula is C10H9F3N2O2S. The molecule has 2 rings (SSSR count). The lowest BCUT2D eigenvalue weighted by Gasteiger charge is -2.05. The Kier molecular flexibility index (Phi) is 2.65. The van der Waals surface area contributed by atoms with Gasteiger partial charge in [0.25, 0.3) is 0 Å². The van der Waals surface area contributed by atoms with Crippen molar-refractivity contribution in [1.82, 2.24) is 9.55 Å². The number of nitrogens with zero attached hydrogens (tertiary/aromatic N) is 2. The van der Waals surface area contributed by atoms with Gasteiger partial charge in [0.2, 0.25) is 5.82 Å². The van der Waals surface area contributed by atoms with Crippen LogP contribution in [0.3, 0.4) is 0 Å². The molecule has 1 heterocycles. The maximum absolute atomic E-state index is 12.6. The van der Waals surface area contributed by atoms with Crippen molar-refractivity contribution in [2.75, 3.05) is 6.26 Å². The molecule has 0 aliphatic carbocycles. The molecule has 0 saturated carbocycles. The van der Waals surface area contributed by atoms with Crippen LogP contribution in [-0.2, 0) is 23.1 Å². The first kappa shape index (κ1) is 12.9. The number of sulfone groups is 1. The summed E-state index contributed by atoms with van der Waals surface area (Å²) in [5.41, 5.74) is 0.238. The van der Waals surface area contributed by atoms with Gasteiger partial charge < -0.3 is 4.57 Å². The van der Waals surface area contributed by atoms with E-state index in [-0.39, 0.29) is 15.9 Å². The van der Waals surface area contributed by atoms with Crippen LogP contribution in [-0.4, -0.2) is 24.2 Å². The molecule has 18 heavy (non-hydrogen) atoms. The molecule has 0 spiro atoms. The smallest absolute Gasteiger partial charge is 0.323 e. The molecular weight excluding hydrogens is 269 g/mol. The Balaban J connectivity index is 2.74. The minimum Gasteiger partial charge on any atom is -0.323 e. The second kappa shape index (κ2) is 3.71. The summed E-state index contributed by atoms with van der Waals surface area (Å²) < 4.78 is 61.4. The lowest BCUT2D eigenvalue weighted by atomic mass is 10.3. The topological polar surface area (TPSA) is 52.0 Å². The molecule has 98 valence electrons. The highest BCUT2D eigenvalue weighted by Crippen LogP contribution is 2.31. The third kappa shape index (κ3) is 2.07. The number of hydrogen-bond acceptors (Lipinski definition) is 3. The third-order valence-corrected chi connectivity index (χ3v) is 3.64. The lowest BCUT2D eigenvalue weighted by Crippen LogP contribution is -2.12. The Hall–Kier alpha value is -1.57.